The molecule has 0 fully saturated rings. The molecule has 118 valence electrons. The summed E-state index contributed by atoms with van der Waals surface area (Å²) in [6.07, 6.45) is 0. The Morgan fingerprint density at radius 2 is 2.00 bits per heavy atom. The van der Waals surface area contributed by atoms with Gasteiger partial charge in [-0.2, -0.15) is 5.10 Å². The highest BCUT2D eigenvalue weighted by Crippen LogP contribution is 2.21. The minimum Gasteiger partial charge on any atom is -0.494 e. The molecule has 1 aliphatic rings. The van der Waals surface area contributed by atoms with Gasteiger partial charge in [-0.05, 0) is 48.9 Å². The number of hydrogen-bond donors (Lipinski definition) is 1. The normalized spacial score (nSPS) is 15.9. The van der Waals surface area contributed by atoms with E-state index in [1.165, 1.54) is 17.8 Å². The summed E-state index contributed by atoms with van der Waals surface area (Å²) in [5.74, 6) is 1.17. The van der Waals surface area contributed by atoms with Crippen LogP contribution in [-0.2, 0) is 0 Å². The zero-order chi connectivity index (χ0) is 16.1. The first-order valence-corrected chi connectivity index (χ1v) is 8.26. The second kappa shape index (κ2) is 7.28. The van der Waals surface area contributed by atoms with Crippen molar-refractivity contribution in [1.82, 2.24) is 5.43 Å². The van der Waals surface area contributed by atoms with Crippen LogP contribution >= 0.6 is 11.8 Å². The second-order valence-electron chi connectivity index (χ2n) is 4.78. The molecule has 0 saturated heterocycles. The quantitative estimate of drug-likeness (QED) is 0.924. The third kappa shape index (κ3) is 3.90. The average molecular weight is 329 g/mol. The Morgan fingerprint density at radius 1 is 1.22 bits per heavy atom. The summed E-state index contributed by atoms with van der Waals surface area (Å²) in [4.78, 5) is 4.25. The molecule has 23 heavy (non-hydrogen) atoms. The van der Waals surface area contributed by atoms with Crippen molar-refractivity contribution in [1.29, 1.82) is 0 Å². The lowest BCUT2D eigenvalue weighted by Gasteiger charge is -2.15. The van der Waals surface area contributed by atoms with Gasteiger partial charge in [-0.25, -0.2) is 9.38 Å². The fraction of sp³-hybridized carbons (Fsp3) is 0.176. The predicted molar refractivity (Wildman–Crippen MR) is 93.2 cm³/mol. The van der Waals surface area contributed by atoms with Gasteiger partial charge in [0.25, 0.3) is 0 Å². The number of amidine groups is 1. The van der Waals surface area contributed by atoms with Crippen LogP contribution in [0.25, 0.3) is 0 Å². The second-order valence-corrected chi connectivity index (χ2v) is 5.75. The number of para-hydroxylation sites is 1. The van der Waals surface area contributed by atoms with Crippen molar-refractivity contribution in [2.75, 3.05) is 12.4 Å². The molecule has 1 N–H and O–H groups in total. The highest BCUT2D eigenvalue weighted by molar-refractivity contribution is 8.14. The summed E-state index contributed by atoms with van der Waals surface area (Å²) in [6, 6.07) is 14.2. The summed E-state index contributed by atoms with van der Waals surface area (Å²) < 4.78 is 19.0. The zero-order valence-corrected chi connectivity index (χ0v) is 13.4. The van der Waals surface area contributed by atoms with Crippen molar-refractivity contribution in [2.45, 2.75) is 6.92 Å². The monoisotopic (exact) mass is 329 g/mol. The lowest BCUT2D eigenvalue weighted by Crippen LogP contribution is -2.25. The van der Waals surface area contributed by atoms with Crippen LogP contribution in [0.5, 0.6) is 5.75 Å². The maximum absolute atomic E-state index is 13.6. The SMILES string of the molecule is CCOc1ccc(C2=NNC(=Nc3ccccc3F)SC2)cc1. The van der Waals surface area contributed by atoms with Gasteiger partial charge in [0.2, 0.25) is 0 Å². The van der Waals surface area contributed by atoms with Crippen LogP contribution in [0.1, 0.15) is 12.5 Å². The Hall–Kier alpha value is -2.34. The molecule has 0 aliphatic carbocycles. The van der Waals surface area contributed by atoms with Crippen molar-refractivity contribution in [3.8, 4) is 5.75 Å². The molecular formula is C17H16FN3OS. The predicted octanol–water partition coefficient (Wildman–Crippen LogP) is 3.95. The first-order valence-electron chi connectivity index (χ1n) is 7.28. The number of benzene rings is 2. The standard InChI is InChI=1S/C17H16FN3OS/c1-2-22-13-9-7-12(8-10-13)16-11-23-17(21-20-16)19-15-6-4-3-5-14(15)18/h3-10H,2,11H2,1H3,(H,19,21). The van der Waals surface area contributed by atoms with Gasteiger partial charge in [-0.1, -0.05) is 23.9 Å². The molecule has 0 saturated carbocycles. The molecule has 1 aliphatic heterocycles. The first-order chi connectivity index (χ1) is 11.3. The number of ether oxygens (including phenoxy) is 1. The average Bonchev–Trinajstić information content (AvgIpc) is 2.59. The largest absolute Gasteiger partial charge is 0.494 e. The van der Waals surface area contributed by atoms with E-state index < -0.39 is 0 Å². The van der Waals surface area contributed by atoms with E-state index in [9.17, 15) is 4.39 Å². The number of hydrazone groups is 1. The van der Waals surface area contributed by atoms with Crippen LogP contribution in [-0.4, -0.2) is 23.2 Å². The summed E-state index contributed by atoms with van der Waals surface area (Å²) in [6.45, 7) is 2.60. The molecule has 3 rings (SSSR count). The van der Waals surface area contributed by atoms with Crippen LogP contribution in [0, 0.1) is 5.82 Å². The molecule has 1 heterocycles. The van der Waals surface area contributed by atoms with Crippen LogP contribution in [0.15, 0.2) is 58.6 Å². The minimum atomic E-state index is -0.344. The Kier molecular flexibility index (Phi) is 4.92. The molecule has 0 atom stereocenters. The molecule has 2 aromatic carbocycles. The fourth-order valence-electron chi connectivity index (χ4n) is 2.08. The van der Waals surface area contributed by atoms with Crippen LogP contribution < -0.4 is 10.2 Å². The van der Waals surface area contributed by atoms with Crippen LogP contribution in [0.2, 0.25) is 0 Å². The van der Waals surface area contributed by atoms with Gasteiger partial charge in [0.05, 0.1) is 12.3 Å². The lowest BCUT2D eigenvalue weighted by molar-refractivity contribution is 0.340. The maximum Gasteiger partial charge on any atom is 0.182 e. The van der Waals surface area contributed by atoms with E-state index in [2.05, 4.69) is 15.5 Å². The topological polar surface area (TPSA) is 46.0 Å². The van der Waals surface area contributed by atoms with Gasteiger partial charge in [0, 0.05) is 5.75 Å². The molecule has 2 aromatic rings. The van der Waals surface area contributed by atoms with Crippen LogP contribution in [0.4, 0.5) is 10.1 Å². The smallest absolute Gasteiger partial charge is 0.182 e. The van der Waals surface area contributed by atoms with E-state index in [1.807, 2.05) is 31.2 Å². The molecule has 0 unspecified atom stereocenters. The van der Waals surface area contributed by atoms with Gasteiger partial charge in [-0.15, -0.1) is 0 Å². The van der Waals surface area contributed by atoms with Crippen molar-refractivity contribution < 1.29 is 9.13 Å². The molecular weight excluding hydrogens is 313 g/mol. The zero-order valence-electron chi connectivity index (χ0n) is 12.6. The van der Waals surface area contributed by atoms with Gasteiger partial charge in [-0.3, -0.25) is 5.43 Å². The number of rotatable bonds is 4. The van der Waals surface area contributed by atoms with Gasteiger partial charge in [0.15, 0.2) is 5.17 Å². The number of nitrogens with one attached hydrogen (secondary N) is 1. The van der Waals surface area contributed by atoms with Gasteiger partial charge in [0.1, 0.15) is 17.3 Å². The van der Waals surface area contributed by atoms with E-state index in [1.54, 1.807) is 18.2 Å². The van der Waals surface area contributed by atoms with Crippen molar-refractivity contribution in [3.63, 3.8) is 0 Å². The maximum atomic E-state index is 13.6. The third-order valence-corrected chi connectivity index (χ3v) is 4.08. The highest BCUT2D eigenvalue weighted by atomic mass is 32.2. The molecule has 0 aromatic heterocycles. The van der Waals surface area contributed by atoms with Crippen molar-refractivity contribution >= 4 is 28.3 Å². The number of nitrogens with zero attached hydrogens (tertiary/aromatic N) is 2. The minimum absolute atomic E-state index is 0.308. The molecule has 0 bridgehead atoms. The van der Waals surface area contributed by atoms with E-state index >= 15 is 0 Å². The van der Waals surface area contributed by atoms with Crippen molar-refractivity contribution in [3.05, 3.63) is 59.9 Å². The van der Waals surface area contributed by atoms with Crippen molar-refractivity contribution in [2.24, 2.45) is 10.1 Å². The Balaban J connectivity index is 1.72. The summed E-state index contributed by atoms with van der Waals surface area (Å²) in [5.41, 5.74) is 5.14. The summed E-state index contributed by atoms with van der Waals surface area (Å²) >= 11 is 1.49. The third-order valence-electron chi connectivity index (χ3n) is 3.21. The van der Waals surface area contributed by atoms with E-state index in [4.69, 9.17) is 4.74 Å². The highest BCUT2D eigenvalue weighted by Gasteiger charge is 2.13. The van der Waals surface area contributed by atoms with E-state index in [-0.39, 0.29) is 5.82 Å². The Labute approximate surface area is 138 Å². The van der Waals surface area contributed by atoms with E-state index in [0.717, 1.165) is 17.0 Å². The van der Waals surface area contributed by atoms with E-state index in [0.29, 0.717) is 23.2 Å². The van der Waals surface area contributed by atoms with Gasteiger partial charge >= 0.3 is 0 Å². The van der Waals surface area contributed by atoms with Gasteiger partial charge < -0.3 is 4.74 Å². The lowest BCUT2D eigenvalue weighted by atomic mass is 10.1. The number of halogens is 1. The number of hydrogen-bond acceptors (Lipinski definition) is 4. The Bertz CT molecular complexity index is 744. The molecule has 0 spiro atoms. The Morgan fingerprint density at radius 3 is 2.65 bits per heavy atom. The molecule has 6 heteroatoms. The first kappa shape index (κ1) is 15.6. The molecule has 0 amide bonds. The number of aliphatic imine (C=N–C) groups is 1. The summed E-state index contributed by atoms with van der Waals surface area (Å²) in [5, 5.41) is 4.92. The number of thioether (sulfide) groups is 1. The fourth-order valence-corrected chi connectivity index (χ4v) is 2.86. The molecule has 4 nitrogen and oxygen atoms in total. The van der Waals surface area contributed by atoms with Crippen LogP contribution in [0.3, 0.4) is 0 Å². The summed E-state index contributed by atoms with van der Waals surface area (Å²) in [7, 11) is 0. The molecule has 0 radical (unpaired) electrons.